The molecular formula is C51H98O6. The van der Waals surface area contributed by atoms with Gasteiger partial charge in [-0.25, -0.2) is 0 Å². The van der Waals surface area contributed by atoms with Gasteiger partial charge in [0, 0.05) is 19.3 Å². The standard InChI is InChI=1S/C51H98O6/c1-45(2)37-31-25-19-15-13-11-9-7-8-10-12-14-16-22-28-34-40-49(52)55-43-48(57-51(54)42-36-30-24-18-21-27-33-39-47(5)6)44-56-50(53)41-35-29-23-17-20-26-32-38-46(3)4/h45-48H,7-44H2,1-6H3/t48-/m1/s1. The number of ether oxygens (including phenoxy) is 3. The number of esters is 3. The Labute approximate surface area is 355 Å². The Bertz CT molecular complexity index is 883. The second-order valence-corrected chi connectivity index (χ2v) is 18.9. The molecule has 338 valence electrons. The molecule has 6 heteroatoms. The van der Waals surface area contributed by atoms with Crippen molar-refractivity contribution in [2.45, 2.75) is 279 Å². The van der Waals surface area contributed by atoms with Crippen molar-refractivity contribution in [3.8, 4) is 0 Å². The number of carbonyl (C=O) groups is 3. The Balaban J connectivity index is 4.21. The van der Waals surface area contributed by atoms with Gasteiger partial charge in [-0.15, -0.1) is 0 Å². The van der Waals surface area contributed by atoms with E-state index in [1.165, 1.54) is 154 Å². The van der Waals surface area contributed by atoms with E-state index in [1.54, 1.807) is 0 Å². The molecule has 0 amide bonds. The third-order valence-corrected chi connectivity index (χ3v) is 11.4. The first-order chi connectivity index (χ1) is 27.6. The highest BCUT2D eigenvalue weighted by molar-refractivity contribution is 5.71. The van der Waals surface area contributed by atoms with Gasteiger partial charge in [0.2, 0.25) is 0 Å². The predicted molar refractivity (Wildman–Crippen MR) is 243 cm³/mol. The van der Waals surface area contributed by atoms with Crippen LogP contribution in [0.4, 0.5) is 0 Å². The molecule has 0 N–H and O–H groups in total. The van der Waals surface area contributed by atoms with E-state index >= 15 is 0 Å². The lowest BCUT2D eigenvalue weighted by molar-refractivity contribution is -0.167. The van der Waals surface area contributed by atoms with E-state index in [9.17, 15) is 14.4 Å². The molecule has 0 aromatic rings. The molecule has 0 aliphatic rings. The third-order valence-electron chi connectivity index (χ3n) is 11.4. The zero-order valence-electron chi connectivity index (χ0n) is 39.1. The zero-order chi connectivity index (χ0) is 42.0. The molecule has 57 heavy (non-hydrogen) atoms. The lowest BCUT2D eigenvalue weighted by Gasteiger charge is -2.18. The van der Waals surface area contributed by atoms with Crippen molar-refractivity contribution in [2.24, 2.45) is 17.8 Å². The molecule has 0 radical (unpaired) electrons. The second-order valence-electron chi connectivity index (χ2n) is 18.9. The van der Waals surface area contributed by atoms with Crippen molar-refractivity contribution < 1.29 is 28.6 Å². The SMILES string of the molecule is CC(C)CCCCCCCCCCCCCCCCCCC(=O)OC[C@H](COC(=O)CCCCCCCCCC(C)C)OC(=O)CCCCCCCCCC(C)C. The van der Waals surface area contributed by atoms with Gasteiger partial charge < -0.3 is 14.2 Å². The van der Waals surface area contributed by atoms with E-state index in [-0.39, 0.29) is 31.1 Å². The molecule has 0 unspecified atom stereocenters. The van der Waals surface area contributed by atoms with Gasteiger partial charge in [0.1, 0.15) is 13.2 Å². The summed E-state index contributed by atoms with van der Waals surface area (Å²) in [6.07, 6.45) is 41.1. The van der Waals surface area contributed by atoms with E-state index in [2.05, 4.69) is 41.5 Å². The average molecular weight is 807 g/mol. The number of carbonyl (C=O) groups excluding carboxylic acids is 3. The van der Waals surface area contributed by atoms with Crippen molar-refractivity contribution in [1.82, 2.24) is 0 Å². The maximum atomic E-state index is 12.7. The highest BCUT2D eigenvalue weighted by atomic mass is 16.6. The smallest absolute Gasteiger partial charge is 0.306 e. The first-order valence-electron chi connectivity index (χ1n) is 25.1. The van der Waals surface area contributed by atoms with Gasteiger partial charge in [-0.2, -0.15) is 0 Å². The van der Waals surface area contributed by atoms with Crippen LogP contribution >= 0.6 is 0 Å². The number of rotatable bonds is 44. The fourth-order valence-corrected chi connectivity index (χ4v) is 7.59. The maximum absolute atomic E-state index is 12.7. The molecule has 0 saturated heterocycles. The third kappa shape index (κ3) is 45.3. The van der Waals surface area contributed by atoms with Gasteiger partial charge in [-0.05, 0) is 37.0 Å². The molecular weight excluding hydrogens is 709 g/mol. The van der Waals surface area contributed by atoms with Crippen LogP contribution in [-0.4, -0.2) is 37.2 Å². The highest BCUT2D eigenvalue weighted by Crippen LogP contribution is 2.17. The Kier molecular flexibility index (Phi) is 41.3. The topological polar surface area (TPSA) is 78.9 Å². The van der Waals surface area contributed by atoms with Crippen LogP contribution in [0.3, 0.4) is 0 Å². The molecule has 0 bridgehead atoms. The van der Waals surface area contributed by atoms with E-state index in [0.29, 0.717) is 19.3 Å². The van der Waals surface area contributed by atoms with Crippen LogP contribution in [0.5, 0.6) is 0 Å². The Morgan fingerprint density at radius 2 is 0.509 bits per heavy atom. The van der Waals surface area contributed by atoms with Gasteiger partial charge in [-0.3, -0.25) is 14.4 Å². The summed E-state index contributed by atoms with van der Waals surface area (Å²) in [6, 6.07) is 0. The van der Waals surface area contributed by atoms with Crippen molar-refractivity contribution in [2.75, 3.05) is 13.2 Å². The predicted octanol–water partition coefficient (Wildman–Crippen LogP) is 16.0. The minimum atomic E-state index is -0.762. The van der Waals surface area contributed by atoms with Crippen molar-refractivity contribution in [3.63, 3.8) is 0 Å². The largest absolute Gasteiger partial charge is 0.462 e. The molecule has 0 fully saturated rings. The Morgan fingerprint density at radius 3 is 0.754 bits per heavy atom. The van der Waals surface area contributed by atoms with Crippen LogP contribution in [-0.2, 0) is 28.6 Å². The lowest BCUT2D eigenvalue weighted by Crippen LogP contribution is -2.30. The number of hydrogen-bond acceptors (Lipinski definition) is 6. The quantitative estimate of drug-likeness (QED) is 0.0347. The summed E-state index contributed by atoms with van der Waals surface area (Å²) in [7, 11) is 0. The molecule has 0 spiro atoms. The van der Waals surface area contributed by atoms with Gasteiger partial charge in [-0.1, -0.05) is 234 Å². The van der Waals surface area contributed by atoms with Crippen LogP contribution in [0.15, 0.2) is 0 Å². The van der Waals surface area contributed by atoms with Crippen LogP contribution in [0, 0.1) is 17.8 Å². The van der Waals surface area contributed by atoms with Crippen LogP contribution in [0.2, 0.25) is 0 Å². The molecule has 0 aliphatic heterocycles. The Hall–Kier alpha value is -1.59. The van der Waals surface area contributed by atoms with Crippen LogP contribution in [0.25, 0.3) is 0 Å². The minimum absolute atomic E-state index is 0.0660. The van der Waals surface area contributed by atoms with Gasteiger partial charge in [0.25, 0.3) is 0 Å². The highest BCUT2D eigenvalue weighted by Gasteiger charge is 2.19. The first-order valence-corrected chi connectivity index (χ1v) is 25.1. The van der Waals surface area contributed by atoms with Gasteiger partial charge in [0.15, 0.2) is 6.10 Å². The fraction of sp³-hybridized carbons (Fsp3) is 0.941. The summed E-state index contributed by atoms with van der Waals surface area (Å²) in [4.78, 5) is 37.8. The zero-order valence-corrected chi connectivity index (χ0v) is 39.1. The summed E-state index contributed by atoms with van der Waals surface area (Å²) in [5.74, 6) is 1.55. The molecule has 0 aromatic heterocycles. The summed E-state index contributed by atoms with van der Waals surface area (Å²) in [5, 5.41) is 0. The minimum Gasteiger partial charge on any atom is -0.462 e. The second kappa shape index (κ2) is 42.5. The van der Waals surface area contributed by atoms with Crippen molar-refractivity contribution in [1.29, 1.82) is 0 Å². The molecule has 1 atom stereocenters. The van der Waals surface area contributed by atoms with Crippen LogP contribution in [0.1, 0.15) is 273 Å². The van der Waals surface area contributed by atoms with E-state index in [1.807, 2.05) is 0 Å². The summed E-state index contributed by atoms with van der Waals surface area (Å²) in [5.41, 5.74) is 0. The van der Waals surface area contributed by atoms with Crippen molar-refractivity contribution in [3.05, 3.63) is 0 Å². The fourth-order valence-electron chi connectivity index (χ4n) is 7.59. The molecule has 0 aromatic carbocycles. The molecule has 6 nitrogen and oxygen atoms in total. The summed E-state index contributed by atoms with van der Waals surface area (Å²) >= 11 is 0. The van der Waals surface area contributed by atoms with Gasteiger partial charge >= 0.3 is 17.9 Å². The molecule has 0 aliphatic carbocycles. The average Bonchev–Trinajstić information content (AvgIpc) is 3.16. The van der Waals surface area contributed by atoms with Crippen molar-refractivity contribution >= 4 is 17.9 Å². The number of hydrogen-bond donors (Lipinski definition) is 0. The molecule has 0 heterocycles. The molecule has 0 saturated carbocycles. The van der Waals surface area contributed by atoms with E-state index < -0.39 is 6.10 Å². The van der Waals surface area contributed by atoms with Gasteiger partial charge in [0.05, 0.1) is 0 Å². The Morgan fingerprint density at radius 1 is 0.298 bits per heavy atom. The van der Waals surface area contributed by atoms with E-state index in [0.717, 1.165) is 75.5 Å². The molecule has 0 rings (SSSR count). The van der Waals surface area contributed by atoms with E-state index in [4.69, 9.17) is 14.2 Å². The maximum Gasteiger partial charge on any atom is 0.306 e. The monoisotopic (exact) mass is 807 g/mol. The summed E-state index contributed by atoms with van der Waals surface area (Å²) in [6.45, 7) is 13.6. The van der Waals surface area contributed by atoms with Crippen LogP contribution < -0.4 is 0 Å². The lowest BCUT2D eigenvalue weighted by atomic mass is 10.0. The normalized spacial score (nSPS) is 12.2. The number of unbranched alkanes of at least 4 members (excludes halogenated alkanes) is 27. The first kappa shape index (κ1) is 55.4. The summed E-state index contributed by atoms with van der Waals surface area (Å²) < 4.78 is 16.7.